The molecule has 1 aliphatic rings. The van der Waals surface area contributed by atoms with Crippen molar-refractivity contribution in [2.45, 2.75) is 25.8 Å². The first-order valence-corrected chi connectivity index (χ1v) is 12.8. The summed E-state index contributed by atoms with van der Waals surface area (Å²) < 4.78 is 5.88. The molecule has 0 fully saturated rings. The molecule has 0 unspecified atom stereocenters. The monoisotopic (exact) mass is 525 g/mol. The van der Waals surface area contributed by atoms with Gasteiger partial charge < -0.3 is 9.88 Å². The molecule has 0 saturated heterocycles. The molecule has 0 amide bonds. The summed E-state index contributed by atoms with van der Waals surface area (Å²) in [6, 6.07) is 29.5. The van der Waals surface area contributed by atoms with Crippen LogP contribution in [0.15, 0.2) is 95.6 Å². The first-order chi connectivity index (χ1) is 16.7. The van der Waals surface area contributed by atoms with Gasteiger partial charge in [0.15, 0.2) is 0 Å². The van der Waals surface area contributed by atoms with Crippen LogP contribution < -0.4 is 5.32 Å². The summed E-state index contributed by atoms with van der Waals surface area (Å²) in [6.45, 7) is 1.01. The van der Waals surface area contributed by atoms with Crippen molar-refractivity contribution >= 4 is 44.5 Å². The first-order valence-electron chi connectivity index (χ1n) is 11.6. The molecule has 5 heteroatoms. The van der Waals surface area contributed by atoms with Crippen LogP contribution in [0.2, 0.25) is 0 Å². The molecule has 5 aromatic rings. The molecular weight excluding hydrogens is 502 g/mol. The molecule has 1 aliphatic heterocycles. The molecule has 34 heavy (non-hydrogen) atoms. The lowest BCUT2D eigenvalue weighted by molar-refractivity contribution is 0.647. The van der Waals surface area contributed by atoms with Crippen molar-refractivity contribution in [2.24, 2.45) is 0 Å². The number of nitrogens with one attached hydrogen (secondary N) is 1. The van der Waals surface area contributed by atoms with Crippen molar-refractivity contribution in [1.29, 1.82) is 0 Å². The predicted octanol–water partition coefficient (Wildman–Crippen LogP) is 7.96. The number of hydrogen-bond donors (Lipinski definition) is 1. The van der Waals surface area contributed by atoms with E-state index in [-0.39, 0.29) is 0 Å². The van der Waals surface area contributed by atoms with E-state index >= 15 is 0 Å². The van der Waals surface area contributed by atoms with Crippen molar-refractivity contribution in [2.75, 3.05) is 5.32 Å². The lowest BCUT2D eigenvalue weighted by Crippen LogP contribution is -2.14. The number of thiocarbonyl (C=S) groups is 1. The number of nitrogens with zero attached hydrogens (tertiary/aromatic N) is 2. The largest absolute Gasteiger partial charge is 0.345 e. The van der Waals surface area contributed by atoms with Crippen molar-refractivity contribution in [1.82, 2.24) is 8.97 Å². The molecule has 168 valence electrons. The molecule has 0 aliphatic carbocycles. The zero-order valence-corrected chi connectivity index (χ0v) is 21.1. The maximum Gasteiger partial charge on any atom is 0.128 e. The Morgan fingerprint density at radius 2 is 1.50 bits per heavy atom. The van der Waals surface area contributed by atoms with Crippen LogP contribution in [0.3, 0.4) is 0 Å². The molecule has 0 saturated carbocycles. The molecule has 0 atom stereocenters. The van der Waals surface area contributed by atoms with Gasteiger partial charge in [0.1, 0.15) is 10.6 Å². The number of aryl methyl sites for hydroxylation is 2. The van der Waals surface area contributed by atoms with Gasteiger partial charge in [-0.25, -0.2) is 0 Å². The fourth-order valence-corrected chi connectivity index (χ4v) is 5.67. The van der Waals surface area contributed by atoms with E-state index in [1.165, 1.54) is 46.4 Å². The summed E-state index contributed by atoms with van der Waals surface area (Å²) in [5, 5.41) is 3.51. The lowest BCUT2D eigenvalue weighted by Gasteiger charge is -2.12. The van der Waals surface area contributed by atoms with Crippen LogP contribution in [0.1, 0.15) is 24.1 Å². The van der Waals surface area contributed by atoms with E-state index in [1.807, 2.05) is 24.3 Å². The Kier molecular flexibility index (Phi) is 5.60. The van der Waals surface area contributed by atoms with E-state index in [9.17, 15) is 0 Å². The first kappa shape index (κ1) is 21.4. The maximum absolute atomic E-state index is 6.08. The van der Waals surface area contributed by atoms with Gasteiger partial charge in [-0.3, -0.25) is 4.40 Å². The SMILES string of the molecule is S=C(Nc1ccc(Br)cc1)c1c(-c2ccccc2)c2c3n(c(-c4ccccc4)cn13)CCCC2. The van der Waals surface area contributed by atoms with Crippen LogP contribution >= 0.6 is 28.1 Å². The average molecular weight is 527 g/mol. The molecular formula is C29H24BrN3S. The van der Waals surface area contributed by atoms with Crippen molar-refractivity contribution in [3.8, 4) is 22.4 Å². The van der Waals surface area contributed by atoms with Gasteiger partial charge in [0, 0.05) is 34.0 Å². The highest BCUT2D eigenvalue weighted by Crippen LogP contribution is 2.39. The van der Waals surface area contributed by atoms with E-state index in [0.29, 0.717) is 0 Å². The summed E-state index contributed by atoms with van der Waals surface area (Å²) in [7, 11) is 0. The second kappa shape index (κ2) is 8.90. The molecule has 1 N–H and O–H groups in total. The van der Waals surface area contributed by atoms with Gasteiger partial charge in [0.05, 0.1) is 11.4 Å². The van der Waals surface area contributed by atoms with E-state index < -0.39 is 0 Å². The number of benzene rings is 3. The predicted molar refractivity (Wildman–Crippen MR) is 149 cm³/mol. The van der Waals surface area contributed by atoms with Gasteiger partial charge in [-0.2, -0.15) is 0 Å². The van der Waals surface area contributed by atoms with Crippen molar-refractivity contribution in [3.05, 3.63) is 107 Å². The zero-order valence-electron chi connectivity index (χ0n) is 18.7. The molecule has 0 bridgehead atoms. The Morgan fingerprint density at radius 1 is 0.824 bits per heavy atom. The smallest absolute Gasteiger partial charge is 0.128 e. The lowest BCUT2D eigenvalue weighted by atomic mass is 9.98. The molecule has 2 aromatic heterocycles. The fraction of sp³-hybridized carbons (Fsp3) is 0.138. The Balaban J connectivity index is 1.60. The number of imidazole rings is 1. The fourth-order valence-electron chi connectivity index (χ4n) is 5.09. The van der Waals surface area contributed by atoms with Gasteiger partial charge >= 0.3 is 0 Å². The van der Waals surface area contributed by atoms with Crippen molar-refractivity contribution in [3.63, 3.8) is 0 Å². The van der Waals surface area contributed by atoms with Gasteiger partial charge in [-0.1, -0.05) is 88.8 Å². The second-order valence-electron chi connectivity index (χ2n) is 8.71. The Bertz CT molecular complexity index is 1480. The summed E-state index contributed by atoms with van der Waals surface area (Å²) in [5.74, 6) is 0. The summed E-state index contributed by atoms with van der Waals surface area (Å²) in [5.41, 5.74) is 9.65. The summed E-state index contributed by atoms with van der Waals surface area (Å²) >= 11 is 9.61. The van der Waals surface area contributed by atoms with Gasteiger partial charge in [0.25, 0.3) is 0 Å². The molecule has 3 aromatic carbocycles. The van der Waals surface area contributed by atoms with Crippen LogP contribution in [-0.4, -0.2) is 14.0 Å². The van der Waals surface area contributed by atoms with E-state index in [1.54, 1.807) is 0 Å². The Morgan fingerprint density at radius 3 is 2.21 bits per heavy atom. The highest BCUT2D eigenvalue weighted by molar-refractivity contribution is 9.10. The van der Waals surface area contributed by atoms with Crippen LogP contribution in [0.5, 0.6) is 0 Å². The third-order valence-electron chi connectivity index (χ3n) is 6.58. The highest BCUT2D eigenvalue weighted by Gasteiger charge is 2.28. The molecule has 0 radical (unpaired) electrons. The average Bonchev–Trinajstić information content (AvgIpc) is 3.29. The minimum atomic E-state index is 0.736. The second-order valence-corrected chi connectivity index (χ2v) is 10.0. The van der Waals surface area contributed by atoms with Gasteiger partial charge in [0.2, 0.25) is 0 Å². The number of hydrogen-bond acceptors (Lipinski definition) is 1. The number of aromatic nitrogens is 2. The van der Waals surface area contributed by atoms with Crippen LogP contribution in [0.4, 0.5) is 5.69 Å². The van der Waals surface area contributed by atoms with E-state index in [2.05, 4.69) is 97.1 Å². The Hall–Kier alpha value is -3.15. The third kappa shape index (κ3) is 3.69. The van der Waals surface area contributed by atoms with Crippen molar-refractivity contribution < 1.29 is 0 Å². The quantitative estimate of drug-likeness (QED) is 0.240. The third-order valence-corrected chi connectivity index (χ3v) is 7.41. The number of rotatable bonds is 4. The van der Waals surface area contributed by atoms with Crippen LogP contribution in [-0.2, 0) is 13.0 Å². The number of anilines is 1. The Labute approximate surface area is 213 Å². The summed E-state index contributed by atoms with van der Waals surface area (Å²) in [6.07, 6.45) is 5.66. The molecule has 6 rings (SSSR count). The van der Waals surface area contributed by atoms with Crippen LogP contribution in [0, 0.1) is 0 Å². The zero-order chi connectivity index (χ0) is 23.1. The molecule has 3 heterocycles. The maximum atomic E-state index is 6.08. The van der Waals surface area contributed by atoms with Gasteiger partial charge in [-0.05, 0) is 54.7 Å². The van der Waals surface area contributed by atoms with Crippen LogP contribution in [0.25, 0.3) is 28.0 Å². The van der Waals surface area contributed by atoms with E-state index in [0.717, 1.165) is 33.8 Å². The van der Waals surface area contributed by atoms with E-state index in [4.69, 9.17) is 12.2 Å². The minimum Gasteiger partial charge on any atom is -0.345 e. The highest BCUT2D eigenvalue weighted by atomic mass is 79.9. The normalized spacial score (nSPS) is 13.1. The molecule has 3 nitrogen and oxygen atoms in total. The minimum absolute atomic E-state index is 0.736. The standard InChI is InChI=1S/C29H24BrN3S/c30-22-14-16-23(17-15-22)31-28(34)27-26(21-11-5-2-6-12-21)24-13-7-8-18-32-25(19-33(27)29(24)32)20-9-3-1-4-10-20/h1-6,9-12,14-17,19H,7-8,13,18H2,(H,31,34). The van der Waals surface area contributed by atoms with Gasteiger partial charge in [-0.15, -0.1) is 0 Å². The number of halogens is 1. The summed E-state index contributed by atoms with van der Waals surface area (Å²) in [4.78, 5) is 0.736. The molecule has 0 spiro atoms. The topological polar surface area (TPSA) is 21.4 Å².